The normalized spacial score (nSPS) is 13.0. The first-order chi connectivity index (χ1) is 13.5. The largest absolute Gasteiger partial charge is 0.336 e. The molecule has 2 aromatic carbocycles. The topological polar surface area (TPSA) is 59.0 Å². The summed E-state index contributed by atoms with van der Waals surface area (Å²) in [5.74, 6) is 0.185. The molecule has 0 aliphatic rings. The van der Waals surface area contributed by atoms with Crippen molar-refractivity contribution in [3.63, 3.8) is 0 Å². The van der Waals surface area contributed by atoms with Crippen LogP contribution in [-0.2, 0) is 13.5 Å². The van der Waals surface area contributed by atoms with E-state index in [4.69, 9.17) is 0 Å². The first-order valence-electron chi connectivity index (χ1n) is 9.37. The van der Waals surface area contributed by atoms with Gasteiger partial charge in [-0.05, 0) is 31.4 Å². The van der Waals surface area contributed by atoms with E-state index in [0.717, 1.165) is 12.8 Å². The number of carbonyl (C=O) groups excluding carboxylic acids is 1. The monoisotopic (exact) mass is 380 g/mol. The number of nitrogens with zero attached hydrogens (tertiary/aromatic N) is 2. The van der Waals surface area contributed by atoms with Gasteiger partial charge in [0.1, 0.15) is 17.7 Å². The molecule has 2 atom stereocenters. The van der Waals surface area contributed by atoms with Crippen LogP contribution in [0.4, 0.5) is 9.18 Å². The summed E-state index contributed by atoms with van der Waals surface area (Å²) < 4.78 is 16.1. The highest BCUT2D eigenvalue weighted by molar-refractivity contribution is 5.75. The third-order valence-corrected chi connectivity index (χ3v) is 4.69. The standard InChI is InChI=1S/C22H25FN4O/c1-16(12-13-17-8-4-3-5-9-17)25-22(28)26-20(21-24-14-15-27(21)2)18-10-6-7-11-19(18)23/h3-11,14-16,20H,12-13H2,1-2H3,(H2,25,26,28). The van der Waals surface area contributed by atoms with Crippen molar-refractivity contribution in [2.45, 2.75) is 31.8 Å². The molecular formula is C22H25FN4O. The maximum absolute atomic E-state index is 14.4. The van der Waals surface area contributed by atoms with Gasteiger partial charge < -0.3 is 15.2 Å². The Morgan fingerprint density at radius 3 is 2.50 bits per heavy atom. The van der Waals surface area contributed by atoms with E-state index in [1.54, 1.807) is 35.2 Å². The van der Waals surface area contributed by atoms with Gasteiger partial charge in [0.25, 0.3) is 0 Å². The molecule has 0 aliphatic carbocycles. The molecule has 146 valence electrons. The minimum Gasteiger partial charge on any atom is -0.336 e. The predicted molar refractivity (Wildman–Crippen MR) is 107 cm³/mol. The van der Waals surface area contributed by atoms with E-state index in [9.17, 15) is 9.18 Å². The minimum atomic E-state index is -0.678. The SMILES string of the molecule is CC(CCc1ccccc1)NC(=O)NC(c1ccccc1F)c1nccn1C. The third-order valence-electron chi connectivity index (χ3n) is 4.69. The van der Waals surface area contributed by atoms with Crippen molar-refractivity contribution in [2.75, 3.05) is 0 Å². The Kier molecular flexibility index (Phi) is 6.42. The van der Waals surface area contributed by atoms with Crippen LogP contribution in [0.25, 0.3) is 0 Å². The third kappa shape index (κ3) is 4.97. The summed E-state index contributed by atoms with van der Waals surface area (Å²) in [6.07, 6.45) is 5.08. The number of nitrogens with one attached hydrogen (secondary N) is 2. The first-order valence-corrected chi connectivity index (χ1v) is 9.37. The summed E-state index contributed by atoms with van der Waals surface area (Å²) in [6.45, 7) is 1.96. The zero-order valence-electron chi connectivity index (χ0n) is 16.1. The van der Waals surface area contributed by atoms with E-state index in [-0.39, 0.29) is 17.9 Å². The first kappa shape index (κ1) is 19.6. The number of benzene rings is 2. The summed E-state index contributed by atoms with van der Waals surface area (Å²) in [4.78, 5) is 16.9. The average molecular weight is 380 g/mol. The van der Waals surface area contributed by atoms with Crippen LogP contribution in [0.2, 0.25) is 0 Å². The molecule has 0 spiro atoms. The number of aromatic nitrogens is 2. The average Bonchev–Trinajstić information content (AvgIpc) is 3.12. The molecule has 0 radical (unpaired) electrons. The number of amides is 2. The fraction of sp³-hybridized carbons (Fsp3) is 0.273. The highest BCUT2D eigenvalue weighted by atomic mass is 19.1. The van der Waals surface area contributed by atoms with Crippen LogP contribution in [0, 0.1) is 5.82 Å². The lowest BCUT2D eigenvalue weighted by molar-refractivity contribution is 0.234. The number of carbonyl (C=O) groups is 1. The number of hydrogen-bond donors (Lipinski definition) is 2. The van der Waals surface area contributed by atoms with E-state index in [1.807, 2.05) is 32.2 Å². The maximum Gasteiger partial charge on any atom is 0.315 e. The summed E-state index contributed by atoms with van der Waals surface area (Å²) in [5.41, 5.74) is 1.61. The summed E-state index contributed by atoms with van der Waals surface area (Å²) >= 11 is 0. The molecule has 0 fully saturated rings. The van der Waals surface area contributed by atoms with Crippen molar-refractivity contribution >= 4 is 6.03 Å². The zero-order chi connectivity index (χ0) is 19.9. The van der Waals surface area contributed by atoms with Gasteiger partial charge in [-0.2, -0.15) is 0 Å². The molecule has 2 N–H and O–H groups in total. The Bertz CT molecular complexity index is 910. The lowest BCUT2D eigenvalue weighted by Gasteiger charge is -2.22. The Morgan fingerprint density at radius 1 is 1.11 bits per heavy atom. The zero-order valence-corrected chi connectivity index (χ0v) is 16.1. The fourth-order valence-electron chi connectivity index (χ4n) is 3.14. The molecule has 2 amide bonds. The molecule has 0 bridgehead atoms. The molecule has 3 rings (SSSR count). The molecule has 28 heavy (non-hydrogen) atoms. The number of imidazole rings is 1. The van der Waals surface area contributed by atoms with Crippen LogP contribution in [0.15, 0.2) is 67.0 Å². The minimum absolute atomic E-state index is 0.0251. The van der Waals surface area contributed by atoms with Crippen LogP contribution < -0.4 is 10.6 Å². The van der Waals surface area contributed by atoms with Crippen LogP contribution in [0.3, 0.4) is 0 Å². The van der Waals surface area contributed by atoms with E-state index < -0.39 is 6.04 Å². The maximum atomic E-state index is 14.4. The van der Waals surface area contributed by atoms with Gasteiger partial charge in [-0.1, -0.05) is 48.5 Å². The van der Waals surface area contributed by atoms with Gasteiger partial charge in [0.15, 0.2) is 0 Å². The van der Waals surface area contributed by atoms with E-state index in [2.05, 4.69) is 27.8 Å². The van der Waals surface area contributed by atoms with Crippen LogP contribution in [0.5, 0.6) is 0 Å². The van der Waals surface area contributed by atoms with E-state index in [1.165, 1.54) is 11.6 Å². The van der Waals surface area contributed by atoms with Crippen LogP contribution in [-0.4, -0.2) is 21.6 Å². The second-order valence-electron chi connectivity index (χ2n) is 6.89. The van der Waals surface area contributed by atoms with Gasteiger partial charge >= 0.3 is 6.03 Å². The molecule has 1 heterocycles. The molecule has 0 saturated heterocycles. The highest BCUT2D eigenvalue weighted by Gasteiger charge is 2.23. The van der Waals surface area contributed by atoms with Crippen molar-refractivity contribution in [1.29, 1.82) is 0 Å². The van der Waals surface area contributed by atoms with Crippen molar-refractivity contribution in [1.82, 2.24) is 20.2 Å². The molecule has 1 aromatic heterocycles. The quantitative estimate of drug-likeness (QED) is 0.652. The number of halogens is 1. The molecule has 0 aliphatic heterocycles. The van der Waals surface area contributed by atoms with Crippen LogP contribution in [0.1, 0.15) is 36.3 Å². The van der Waals surface area contributed by atoms with E-state index in [0.29, 0.717) is 11.4 Å². The van der Waals surface area contributed by atoms with Crippen molar-refractivity contribution in [2.24, 2.45) is 7.05 Å². The van der Waals surface area contributed by atoms with E-state index >= 15 is 0 Å². The molecule has 3 aromatic rings. The Labute approximate surface area is 164 Å². The fourth-order valence-corrected chi connectivity index (χ4v) is 3.14. The molecular weight excluding hydrogens is 355 g/mol. The highest BCUT2D eigenvalue weighted by Crippen LogP contribution is 2.23. The van der Waals surface area contributed by atoms with Gasteiger partial charge in [0.05, 0.1) is 0 Å². The lowest BCUT2D eigenvalue weighted by Crippen LogP contribution is -2.43. The number of rotatable bonds is 7. The van der Waals surface area contributed by atoms with Crippen LogP contribution >= 0.6 is 0 Å². The summed E-state index contributed by atoms with van der Waals surface area (Å²) in [5, 5.41) is 5.81. The Balaban J connectivity index is 1.66. The molecule has 5 nitrogen and oxygen atoms in total. The Hall–Kier alpha value is -3.15. The molecule has 6 heteroatoms. The lowest BCUT2D eigenvalue weighted by atomic mass is 10.1. The summed E-state index contributed by atoms with van der Waals surface area (Å²) in [7, 11) is 1.82. The van der Waals surface area contributed by atoms with Gasteiger partial charge in [0, 0.05) is 31.0 Å². The molecule has 2 unspecified atom stereocenters. The Morgan fingerprint density at radius 2 is 1.82 bits per heavy atom. The van der Waals surface area contributed by atoms with Gasteiger partial charge in [-0.15, -0.1) is 0 Å². The predicted octanol–water partition coefficient (Wildman–Crippen LogP) is 3.97. The van der Waals surface area contributed by atoms with Gasteiger partial charge in [0.2, 0.25) is 0 Å². The van der Waals surface area contributed by atoms with Gasteiger partial charge in [-0.3, -0.25) is 0 Å². The van der Waals surface area contributed by atoms with Crippen molar-refractivity contribution < 1.29 is 9.18 Å². The van der Waals surface area contributed by atoms with Crippen molar-refractivity contribution in [3.05, 3.63) is 89.8 Å². The smallest absolute Gasteiger partial charge is 0.315 e. The number of aryl methyl sites for hydroxylation is 2. The van der Waals surface area contributed by atoms with Gasteiger partial charge in [-0.25, -0.2) is 14.2 Å². The second-order valence-corrected chi connectivity index (χ2v) is 6.89. The second kappa shape index (κ2) is 9.17. The molecule has 0 saturated carbocycles. The van der Waals surface area contributed by atoms with Crippen molar-refractivity contribution in [3.8, 4) is 0 Å². The summed E-state index contributed by atoms with van der Waals surface area (Å²) in [6, 6.07) is 15.5. The number of urea groups is 1. The number of hydrogen-bond acceptors (Lipinski definition) is 2.